The third kappa shape index (κ3) is 4.61. The summed E-state index contributed by atoms with van der Waals surface area (Å²) in [4.78, 5) is 12.5. The molecule has 0 saturated carbocycles. The number of sulfonamides is 1. The number of carbonyl (C=O) groups is 1. The van der Waals surface area contributed by atoms with E-state index in [1.54, 1.807) is 27.3 Å². The van der Waals surface area contributed by atoms with E-state index >= 15 is 0 Å². The summed E-state index contributed by atoms with van der Waals surface area (Å²) in [5, 5.41) is 6.45. The van der Waals surface area contributed by atoms with Crippen LogP contribution in [-0.4, -0.2) is 34.5 Å². The first-order valence-electron chi connectivity index (χ1n) is 10.8. The zero-order valence-electron chi connectivity index (χ0n) is 18.3. The van der Waals surface area contributed by atoms with Gasteiger partial charge in [-0.05, 0) is 49.1 Å². The Morgan fingerprint density at radius 2 is 1.78 bits per heavy atom. The molecule has 1 fully saturated rings. The summed E-state index contributed by atoms with van der Waals surface area (Å²) in [6.07, 6.45) is 3.13. The lowest BCUT2D eigenvalue weighted by Crippen LogP contribution is -2.44. The van der Waals surface area contributed by atoms with Crippen molar-refractivity contribution in [2.45, 2.75) is 44.1 Å². The smallest absolute Gasteiger partial charge is 0.251 e. The van der Waals surface area contributed by atoms with Gasteiger partial charge in [-0.15, -0.1) is 0 Å². The maximum absolute atomic E-state index is 13.4. The van der Waals surface area contributed by atoms with E-state index in [1.165, 1.54) is 0 Å². The first-order valence-corrected chi connectivity index (χ1v) is 12.3. The van der Waals surface area contributed by atoms with Gasteiger partial charge in [0.25, 0.3) is 5.91 Å². The van der Waals surface area contributed by atoms with Crippen molar-refractivity contribution in [1.29, 1.82) is 0 Å². The monoisotopic (exact) mass is 452 g/mol. The van der Waals surface area contributed by atoms with Gasteiger partial charge in [-0.25, -0.2) is 8.42 Å². The fraction of sp³-hybridized carbons (Fsp3) is 0.333. The van der Waals surface area contributed by atoms with Gasteiger partial charge in [0.1, 0.15) is 5.25 Å². The van der Waals surface area contributed by atoms with Crippen LogP contribution in [0.25, 0.3) is 0 Å². The van der Waals surface area contributed by atoms with Crippen molar-refractivity contribution >= 4 is 15.9 Å². The first kappa shape index (κ1) is 22.2. The zero-order valence-corrected chi connectivity index (χ0v) is 19.1. The van der Waals surface area contributed by atoms with Crippen molar-refractivity contribution < 1.29 is 13.2 Å². The summed E-state index contributed by atoms with van der Waals surface area (Å²) in [6, 6.07) is 18.3. The van der Waals surface area contributed by atoms with E-state index < -0.39 is 15.3 Å². The molecule has 1 amide bonds. The minimum absolute atomic E-state index is 0.0677. The molecule has 2 aromatic carbocycles. The van der Waals surface area contributed by atoms with Gasteiger partial charge in [-0.2, -0.15) is 9.40 Å². The molecule has 4 rings (SSSR count). The Morgan fingerprint density at radius 1 is 1.06 bits per heavy atom. The molecule has 1 aromatic heterocycles. The Hall–Kier alpha value is -2.97. The van der Waals surface area contributed by atoms with E-state index in [9.17, 15) is 13.2 Å². The van der Waals surface area contributed by atoms with E-state index in [-0.39, 0.29) is 11.9 Å². The highest BCUT2D eigenvalue weighted by Gasteiger charge is 2.40. The molecule has 1 aliphatic rings. The molecule has 2 atom stereocenters. The molecule has 8 heteroatoms. The predicted molar refractivity (Wildman–Crippen MR) is 123 cm³/mol. The molecule has 2 unspecified atom stereocenters. The number of nitrogens with zero attached hydrogens (tertiary/aromatic N) is 3. The molecule has 1 saturated heterocycles. The quantitative estimate of drug-likeness (QED) is 0.621. The standard InChI is InChI=1S/C24H28N4O3S/c1-18-8-13-23(20-6-4-3-5-7-20)32(30,31)28(18)17-19-9-11-21(12-10-19)24(29)25-16-22-14-15-26-27(22)2/h3-7,9-12,14-15,18,23H,8,13,16-17H2,1-2H3,(H,25,29). The van der Waals surface area contributed by atoms with Crippen molar-refractivity contribution in [2.75, 3.05) is 0 Å². The summed E-state index contributed by atoms with van der Waals surface area (Å²) in [6.45, 7) is 2.64. The Bertz CT molecular complexity index is 1170. The number of carbonyl (C=O) groups excluding carboxylic acids is 1. The van der Waals surface area contributed by atoms with Crippen molar-refractivity contribution in [1.82, 2.24) is 19.4 Å². The molecule has 0 bridgehead atoms. The third-order valence-electron chi connectivity index (χ3n) is 6.10. The van der Waals surface area contributed by atoms with E-state index in [0.29, 0.717) is 25.1 Å². The number of hydrogen-bond acceptors (Lipinski definition) is 4. The summed E-state index contributed by atoms with van der Waals surface area (Å²) >= 11 is 0. The van der Waals surface area contributed by atoms with Crippen LogP contribution in [0.5, 0.6) is 0 Å². The van der Waals surface area contributed by atoms with E-state index in [1.807, 2.05) is 62.5 Å². The maximum atomic E-state index is 13.4. The molecule has 2 heterocycles. The second kappa shape index (κ2) is 9.26. The average molecular weight is 453 g/mol. The Balaban J connectivity index is 1.45. The minimum Gasteiger partial charge on any atom is -0.346 e. The van der Waals surface area contributed by atoms with Crippen LogP contribution in [-0.2, 0) is 30.2 Å². The Labute approximate surface area is 189 Å². The van der Waals surface area contributed by atoms with Crippen molar-refractivity contribution in [3.05, 3.63) is 89.2 Å². The fourth-order valence-corrected chi connectivity index (χ4v) is 6.34. The number of benzene rings is 2. The van der Waals surface area contributed by atoms with Gasteiger partial charge in [0.15, 0.2) is 0 Å². The van der Waals surface area contributed by atoms with Crippen LogP contribution in [0.15, 0.2) is 66.9 Å². The number of aromatic nitrogens is 2. The maximum Gasteiger partial charge on any atom is 0.251 e. The molecule has 0 spiro atoms. The lowest BCUT2D eigenvalue weighted by Gasteiger charge is -2.37. The van der Waals surface area contributed by atoms with Crippen molar-refractivity contribution in [2.24, 2.45) is 7.05 Å². The van der Waals surface area contributed by atoms with Crippen LogP contribution in [0.2, 0.25) is 0 Å². The van der Waals surface area contributed by atoms with E-state index in [2.05, 4.69) is 10.4 Å². The van der Waals surface area contributed by atoms with Crippen LogP contribution >= 0.6 is 0 Å². The first-order chi connectivity index (χ1) is 15.4. The van der Waals surface area contributed by atoms with Crippen molar-refractivity contribution in [3.63, 3.8) is 0 Å². The van der Waals surface area contributed by atoms with Gasteiger partial charge in [0.05, 0.1) is 12.2 Å². The molecule has 3 aromatic rings. The second-order valence-electron chi connectivity index (χ2n) is 8.24. The molecule has 168 valence electrons. The van der Waals surface area contributed by atoms with Gasteiger partial charge < -0.3 is 5.32 Å². The van der Waals surface area contributed by atoms with Crippen molar-refractivity contribution in [3.8, 4) is 0 Å². The highest BCUT2D eigenvalue weighted by molar-refractivity contribution is 7.89. The largest absolute Gasteiger partial charge is 0.346 e. The predicted octanol–water partition coefficient (Wildman–Crippen LogP) is 3.41. The molecule has 0 radical (unpaired) electrons. The summed E-state index contributed by atoms with van der Waals surface area (Å²) in [7, 11) is -1.66. The van der Waals surface area contributed by atoms with Gasteiger partial charge in [-0.1, -0.05) is 42.5 Å². The number of aryl methyl sites for hydroxylation is 1. The summed E-state index contributed by atoms with van der Waals surface area (Å²) in [5.41, 5.74) is 3.14. The highest BCUT2D eigenvalue weighted by Crippen LogP contribution is 2.37. The van der Waals surface area contributed by atoms with Crippen LogP contribution in [0, 0.1) is 0 Å². The van der Waals surface area contributed by atoms with Gasteiger partial charge in [0.2, 0.25) is 10.0 Å². The van der Waals surface area contributed by atoms with Gasteiger partial charge in [0, 0.05) is 31.4 Å². The second-order valence-corrected chi connectivity index (χ2v) is 10.3. The van der Waals surface area contributed by atoms with E-state index in [4.69, 9.17) is 0 Å². The van der Waals surface area contributed by atoms with Crippen LogP contribution in [0.1, 0.15) is 52.2 Å². The Morgan fingerprint density at radius 3 is 2.44 bits per heavy atom. The normalized spacial score (nSPS) is 20.7. The van der Waals surface area contributed by atoms with E-state index in [0.717, 1.165) is 23.2 Å². The summed E-state index contributed by atoms with van der Waals surface area (Å²) in [5.74, 6) is -0.180. The van der Waals surface area contributed by atoms with Crippen LogP contribution in [0.3, 0.4) is 0 Å². The summed E-state index contributed by atoms with van der Waals surface area (Å²) < 4.78 is 30.1. The number of amides is 1. The molecular formula is C24H28N4O3S. The molecule has 1 aliphatic heterocycles. The Kier molecular flexibility index (Phi) is 6.43. The average Bonchev–Trinajstić information content (AvgIpc) is 3.20. The fourth-order valence-electron chi connectivity index (χ4n) is 4.14. The highest BCUT2D eigenvalue weighted by atomic mass is 32.2. The minimum atomic E-state index is -3.48. The molecule has 32 heavy (non-hydrogen) atoms. The topological polar surface area (TPSA) is 84.3 Å². The molecular weight excluding hydrogens is 424 g/mol. The van der Waals surface area contributed by atoms with Crippen LogP contribution < -0.4 is 5.32 Å². The molecule has 1 N–H and O–H groups in total. The third-order valence-corrected chi connectivity index (χ3v) is 8.47. The number of nitrogens with one attached hydrogen (secondary N) is 1. The SMILES string of the molecule is CC1CCC(c2ccccc2)S(=O)(=O)N1Cc1ccc(C(=O)NCc2ccnn2C)cc1. The molecule has 7 nitrogen and oxygen atoms in total. The number of hydrogen-bond donors (Lipinski definition) is 1. The zero-order chi connectivity index (χ0) is 22.7. The lowest BCUT2D eigenvalue weighted by molar-refractivity contribution is 0.0950. The van der Waals surface area contributed by atoms with Crippen LogP contribution in [0.4, 0.5) is 0 Å². The lowest BCUT2D eigenvalue weighted by atomic mass is 10.0. The molecule has 0 aliphatic carbocycles. The van der Waals surface area contributed by atoms with Gasteiger partial charge >= 0.3 is 0 Å². The number of rotatable bonds is 6. The van der Waals surface area contributed by atoms with Gasteiger partial charge in [-0.3, -0.25) is 9.48 Å².